The zero-order valence-electron chi connectivity index (χ0n) is 13.4. The Morgan fingerprint density at radius 3 is 2.86 bits per heavy atom. The number of anilines is 1. The maximum atomic E-state index is 6.21. The highest BCUT2D eigenvalue weighted by atomic mass is 79.9. The van der Waals surface area contributed by atoms with Crippen molar-refractivity contribution in [2.75, 3.05) is 11.4 Å². The summed E-state index contributed by atoms with van der Waals surface area (Å²) in [4.78, 5) is 2.65. The Balaban J connectivity index is 2.27. The molecule has 2 N–H and O–H groups in total. The number of rotatable bonds is 6. The Morgan fingerprint density at radius 1 is 1.33 bits per heavy atom. The molecule has 2 unspecified atom stereocenters. The summed E-state index contributed by atoms with van der Waals surface area (Å²) < 4.78 is 1.16. The predicted molar refractivity (Wildman–Crippen MR) is 96.0 cm³/mol. The quantitative estimate of drug-likeness (QED) is 0.789. The van der Waals surface area contributed by atoms with E-state index in [-0.39, 0.29) is 6.04 Å². The highest BCUT2D eigenvalue weighted by Gasteiger charge is 2.24. The molecule has 0 spiro atoms. The zero-order chi connectivity index (χ0) is 15.2. The Hall–Kier alpha value is -0.540. The number of nitrogens with two attached hydrogens (primary N) is 1. The van der Waals surface area contributed by atoms with Crippen molar-refractivity contribution >= 4 is 21.6 Å². The summed E-state index contributed by atoms with van der Waals surface area (Å²) in [6, 6.07) is 7.69. The topological polar surface area (TPSA) is 29.3 Å². The Morgan fingerprint density at radius 2 is 2.14 bits per heavy atom. The number of piperidine rings is 1. The molecule has 1 heterocycles. The van der Waals surface area contributed by atoms with Gasteiger partial charge in [-0.15, -0.1) is 0 Å². The van der Waals surface area contributed by atoms with Crippen LogP contribution in [0.15, 0.2) is 22.7 Å². The van der Waals surface area contributed by atoms with E-state index < -0.39 is 0 Å². The van der Waals surface area contributed by atoms with Crippen LogP contribution < -0.4 is 10.6 Å². The van der Waals surface area contributed by atoms with Crippen LogP contribution >= 0.6 is 15.9 Å². The molecule has 0 radical (unpaired) electrons. The molecule has 1 aliphatic heterocycles. The maximum absolute atomic E-state index is 6.21. The van der Waals surface area contributed by atoms with Gasteiger partial charge in [0.25, 0.3) is 0 Å². The van der Waals surface area contributed by atoms with E-state index in [0.29, 0.717) is 6.04 Å². The molecule has 0 aromatic heterocycles. The number of nitrogens with zero attached hydrogens (tertiary/aromatic N) is 1. The molecule has 3 heteroatoms. The molecule has 0 bridgehead atoms. The predicted octanol–water partition coefficient (Wildman–Crippen LogP) is 4.89. The van der Waals surface area contributed by atoms with Crippen LogP contribution in [-0.4, -0.2) is 18.6 Å². The molecule has 0 saturated carbocycles. The molecule has 2 rings (SSSR count). The molecule has 1 saturated heterocycles. The average Bonchev–Trinajstić information content (AvgIpc) is 2.48. The molecule has 1 fully saturated rings. The van der Waals surface area contributed by atoms with Gasteiger partial charge in [-0.25, -0.2) is 0 Å². The van der Waals surface area contributed by atoms with E-state index in [9.17, 15) is 0 Å². The fourth-order valence-electron chi connectivity index (χ4n) is 3.38. The van der Waals surface area contributed by atoms with Gasteiger partial charge < -0.3 is 10.6 Å². The molecular weight excluding hydrogens is 324 g/mol. The van der Waals surface area contributed by atoms with Gasteiger partial charge in [-0.2, -0.15) is 0 Å². The normalized spacial score (nSPS) is 20.6. The van der Waals surface area contributed by atoms with Crippen molar-refractivity contribution in [3.63, 3.8) is 0 Å². The van der Waals surface area contributed by atoms with Gasteiger partial charge in [-0.05, 0) is 62.3 Å². The Labute approximate surface area is 138 Å². The molecule has 1 aliphatic rings. The van der Waals surface area contributed by atoms with E-state index in [4.69, 9.17) is 5.73 Å². The first-order chi connectivity index (χ1) is 10.2. The lowest BCUT2D eigenvalue weighted by Crippen LogP contribution is -2.40. The Kier molecular flexibility index (Phi) is 6.56. The second-order valence-electron chi connectivity index (χ2n) is 6.28. The molecule has 0 amide bonds. The van der Waals surface area contributed by atoms with Gasteiger partial charge in [0.1, 0.15) is 0 Å². The largest absolute Gasteiger partial charge is 0.368 e. The maximum Gasteiger partial charge on any atom is 0.0402 e. The molecular formula is C18H29BrN2. The van der Waals surface area contributed by atoms with Gasteiger partial charge >= 0.3 is 0 Å². The number of benzene rings is 1. The van der Waals surface area contributed by atoms with Crippen molar-refractivity contribution < 1.29 is 0 Å². The average molecular weight is 353 g/mol. The van der Waals surface area contributed by atoms with Crippen molar-refractivity contribution in [3.8, 4) is 0 Å². The summed E-state index contributed by atoms with van der Waals surface area (Å²) in [5, 5.41) is 0. The molecule has 1 aromatic carbocycles. The minimum absolute atomic E-state index is 0.257. The SMILES string of the molecule is CCCC1CCCCN1c1ccc(Br)cc1CC(N)CC. The first-order valence-corrected chi connectivity index (χ1v) is 9.25. The summed E-state index contributed by atoms with van der Waals surface area (Å²) >= 11 is 3.62. The minimum Gasteiger partial charge on any atom is -0.368 e. The second-order valence-corrected chi connectivity index (χ2v) is 7.19. The van der Waals surface area contributed by atoms with E-state index in [2.05, 4.69) is 52.9 Å². The van der Waals surface area contributed by atoms with Crippen molar-refractivity contribution in [3.05, 3.63) is 28.2 Å². The van der Waals surface area contributed by atoms with Crippen molar-refractivity contribution in [2.45, 2.75) is 70.9 Å². The lowest BCUT2D eigenvalue weighted by molar-refractivity contribution is 0.433. The van der Waals surface area contributed by atoms with Gasteiger partial charge in [-0.3, -0.25) is 0 Å². The minimum atomic E-state index is 0.257. The van der Waals surface area contributed by atoms with Crippen LogP contribution in [0.1, 0.15) is 57.9 Å². The van der Waals surface area contributed by atoms with E-state index in [1.807, 2.05) is 0 Å². The molecule has 2 atom stereocenters. The smallest absolute Gasteiger partial charge is 0.0402 e. The summed E-state index contributed by atoms with van der Waals surface area (Å²) in [7, 11) is 0. The van der Waals surface area contributed by atoms with Gasteiger partial charge in [0.05, 0.1) is 0 Å². The first-order valence-electron chi connectivity index (χ1n) is 8.46. The highest BCUT2D eigenvalue weighted by Crippen LogP contribution is 2.32. The molecule has 2 nitrogen and oxygen atoms in total. The monoisotopic (exact) mass is 352 g/mol. The summed E-state index contributed by atoms with van der Waals surface area (Å²) in [5.41, 5.74) is 9.03. The lowest BCUT2D eigenvalue weighted by Gasteiger charge is -2.39. The second kappa shape index (κ2) is 8.19. The van der Waals surface area contributed by atoms with Crippen LogP contribution in [0.5, 0.6) is 0 Å². The van der Waals surface area contributed by atoms with Crippen LogP contribution in [0.4, 0.5) is 5.69 Å². The standard InChI is InChI=1S/C18H29BrN2/c1-3-7-17-8-5-6-11-21(17)18-10-9-15(19)12-14(18)13-16(20)4-2/h9-10,12,16-17H,3-8,11,13,20H2,1-2H3. The fourth-order valence-corrected chi connectivity index (χ4v) is 3.78. The van der Waals surface area contributed by atoms with Crippen molar-refractivity contribution in [1.82, 2.24) is 0 Å². The summed E-state index contributed by atoms with van der Waals surface area (Å²) in [5.74, 6) is 0. The lowest BCUT2D eigenvalue weighted by atomic mass is 9.95. The van der Waals surface area contributed by atoms with E-state index in [1.165, 1.54) is 49.9 Å². The van der Waals surface area contributed by atoms with Gasteiger partial charge in [0.2, 0.25) is 0 Å². The highest BCUT2D eigenvalue weighted by molar-refractivity contribution is 9.10. The van der Waals surface area contributed by atoms with Gasteiger partial charge in [0, 0.05) is 28.8 Å². The number of hydrogen-bond donors (Lipinski definition) is 1. The molecule has 1 aromatic rings. The van der Waals surface area contributed by atoms with Gasteiger partial charge in [0.15, 0.2) is 0 Å². The zero-order valence-corrected chi connectivity index (χ0v) is 15.0. The molecule has 21 heavy (non-hydrogen) atoms. The number of halogens is 1. The van der Waals surface area contributed by atoms with Gasteiger partial charge in [-0.1, -0.05) is 36.2 Å². The van der Waals surface area contributed by atoms with E-state index in [1.54, 1.807) is 0 Å². The van der Waals surface area contributed by atoms with E-state index >= 15 is 0 Å². The van der Waals surface area contributed by atoms with Crippen molar-refractivity contribution in [2.24, 2.45) is 5.73 Å². The third kappa shape index (κ3) is 4.46. The van der Waals surface area contributed by atoms with Crippen LogP contribution in [-0.2, 0) is 6.42 Å². The van der Waals surface area contributed by atoms with E-state index in [0.717, 1.165) is 17.3 Å². The van der Waals surface area contributed by atoms with Crippen LogP contribution in [0.3, 0.4) is 0 Å². The third-order valence-electron chi connectivity index (χ3n) is 4.61. The molecule has 118 valence electrons. The van der Waals surface area contributed by atoms with Crippen LogP contribution in [0.25, 0.3) is 0 Å². The Bertz CT molecular complexity index is 445. The third-order valence-corrected chi connectivity index (χ3v) is 5.10. The fraction of sp³-hybridized carbons (Fsp3) is 0.667. The summed E-state index contributed by atoms with van der Waals surface area (Å²) in [6.07, 6.45) is 8.60. The van der Waals surface area contributed by atoms with Crippen LogP contribution in [0, 0.1) is 0 Å². The van der Waals surface area contributed by atoms with Crippen LogP contribution in [0.2, 0.25) is 0 Å². The summed E-state index contributed by atoms with van der Waals surface area (Å²) in [6.45, 7) is 5.66. The number of hydrogen-bond acceptors (Lipinski definition) is 2. The molecule has 0 aliphatic carbocycles. The first kappa shape index (κ1) is 16.8. The van der Waals surface area contributed by atoms with Crippen molar-refractivity contribution in [1.29, 1.82) is 0 Å².